The molecule has 0 fully saturated rings. The molecular weight excluding hydrogens is 527 g/mol. The van der Waals surface area contributed by atoms with Gasteiger partial charge in [-0.15, -0.1) is 0 Å². The van der Waals surface area contributed by atoms with Gasteiger partial charge in [0.2, 0.25) is 0 Å². The van der Waals surface area contributed by atoms with Crippen molar-refractivity contribution >= 4 is 17.9 Å². The van der Waals surface area contributed by atoms with Crippen molar-refractivity contribution in [3.05, 3.63) is 0 Å². The minimum Gasteiger partial charge on any atom is -0.466 e. The summed E-state index contributed by atoms with van der Waals surface area (Å²) in [6.07, 6.45) is 19.9. The molecule has 8 heteroatoms. The van der Waals surface area contributed by atoms with E-state index >= 15 is 0 Å². The molecule has 0 aromatic carbocycles. The summed E-state index contributed by atoms with van der Waals surface area (Å²) in [5, 5.41) is 11.1. The topological polar surface area (TPSA) is 99.1 Å². The first-order valence-corrected chi connectivity index (χ1v) is 16.7. The van der Waals surface area contributed by atoms with Crippen LogP contribution in [0.15, 0.2) is 0 Å². The third-order valence-corrected chi connectivity index (χ3v) is 7.29. The average Bonchev–Trinajstić information content (AvgIpc) is 2.94. The molecule has 242 valence electrons. The second-order valence-corrected chi connectivity index (χ2v) is 11.4. The van der Waals surface area contributed by atoms with Crippen LogP contribution in [0, 0.1) is 0 Å². The molecule has 0 rings (SSSR count). The number of aliphatic hydroxyl groups is 1. The lowest BCUT2D eigenvalue weighted by molar-refractivity contribution is -0.178. The van der Waals surface area contributed by atoms with Crippen molar-refractivity contribution in [2.45, 2.75) is 167 Å². The lowest BCUT2D eigenvalue weighted by Crippen LogP contribution is -2.45. The molecule has 1 N–H and O–H groups in total. The zero-order chi connectivity index (χ0) is 30.4. The Morgan fingerprint density at radius 2 is 0.829 bits per heavy atom. The third-order valence-electron chi connectivity index (χ3n) is 7.29. The van der Waals surface area contributed by atoms with Gasteiger partial charge in [-0.05, 0) is 25.7 Å². The molecule has 7 nitrogen and oxygen atoms in total. The molecule has 1 unspecified atom stereocenters. The van der Waals surface area contributed by atoms with Crippen LogP contribution in [-0.4, -0.2) is 55.1 Å². The summed E-state index contributed by atoms with van der Waals surface area (Å²) in [6, 6.07) is 0. The van der Waals surface area contributed by atoms with Crippen molar-refractivity contribution in [3.8, 4) is 0 Å². The number of alkyl halides is 1. The van der Waals surface area contributed by atoms with Crippen molar-refractivity contribution in [2.24, 2.45) is 0 Å². The van der Waals surface area contributed by atoms with E-state index in [1.54, 1.807) is 0 Å². The van der Waals surface area contributed by atoms with Crippen LogP contribution in [0.25, 0.3) is 0 Å². The van der Waals surface area contributed by atoms with Crippen LogP contribution >= 0.6 is 0 Å². The van der Waals surface area contributed by atoms with Gasteiger partial charge < -0.3 is 19.3 Å². The van der Waals surface area contributed by atoms with E-state index in [1.807, 2.05) is 0 Å². The second kappa shape index (κ2) is 28.4. The van der Waals surface area contributed by atoms with Crippen molar-refractivity contribution in [1.29, 1.82) is 0 Å². The van der Waals surface area contributed by atoms with Crippen LogP contribution in [0.1, 0.15) is 162 Å². The number of halogens is 1. The highest BCUT2D eigenvalue weighted by Gasteiger charge is 2.43. The second-order valence-electron chi connectivity index (χ2n) is 11.4. The maximum Gasteiger partial charge on any atom is 0.339 e. The summed E-state index contributed by atoms with van der Waals surface area (Å²) in [5.74, 6) is -2.50. The van der Waals surface area contributed by atoms with Gasteiger partial charge in [0.15, 0.2) is 5.60 Å². The summed E-state index contributed by atoms with van der Waals surface area (Å²) in [6.45, 7) is 4.49. The summed E-state index contributed by atoms with van der Waals surface area (Å²) < 4.78 is 28.0. The molecule has 0 saturated carbocycles. The molecule has 0 aliphatic carbocycles. The highest BCUT2D eigenvalue weighted by atomic mass is 19.1. The van der Waals surface area contributed by atoms with Gasteiger partial charge in [0, 0.05) is 0 Å². The van der Waals surface area contributed by atoms with Gasteiger partial charge in [0.05, 0.1) is 39.3 Å². The van der Waals surface area contributed by atoms with Gasteiger partial charge in [0.1, 0.15) is 0 Å². The van der Waals surface area contributed by atoms with Gasteiger partial charge >= 0.3 is 17.9 Å². The maximum absolute atomic E-state index is 12.8. The highest BCUT2D eigenvalue weighted by Crippen LogP contribution is 2.21. The van der Waals surface area contributed by atoms with Gasteiger partial charge in [-0.1, -0.05) is 123 Å². The number of unbranched alkanes of at least 4 members (excludes halogenated alkanes) is 18. The Kier molecular flexibility index (Phi) is 27.2. The van der Waals surface area contributed by atoms with Crippen LogP contribution in [-0.2, 0) is 28.6 Å². The molecule has 0 aromatic heterocycles. The van der Waals surface area contributed by atoms with E-state index in [9.17, 15) is 23.9 Å². The highest BCUT2D eigenvalue weighted by molar-refractivity contribution is 5.90. The zero-order valence-corrected chi connectivity index (χ0v) is 26.4. The number of hydrogen-bond donors (Lipinski definition) is 1. The molecular formula is C33H61FO7. The first-order valence-electron chi connectivity index (χ1n) is 16.7. The van der Waals surface area contributed by atoms with Crippen LogP contribution in [0.3, 0.4) is 0 Å². The Morgan fingerprint density at radius 1 is 0.512 bits per heavy atom. The largest absolute Gasteiger partial charge is 0.466 e. The number of rotatable bonds is 30. The predicted molar refractivity (Wildman–Crippen MR) is 161 cm³/mol. The zero-order valence-electron chi connectivity index (χ0n) is 26.4. The van der Waals surface area contributed by atoms with Gasteiger partial charge in [-0.2, -0.15) is 0 Å². The average molecular weight is 589 g/mol. The molecule has 0 aromatic rings. The minimum absolute atomic E-state index is 0.0528. The Labute approximate surface area is 249 Å². The van der Waals surface area contributed by atoms with E-state index in [1.165, 1.54) is 51.4 Å². The molecule has 0 saturated heterocycles. The van der Waals surface area contributed by atoms with Gasteiger partial charge in [-0.3, -0.25) is 14.0 Å². The lowest BCUT2D eigenvalue weighted by atomic mass is 9.95. The Bertz CT molecular complexity index is 643. The fourth-order valence-electron chi connectivity index (χ4n) is 4.66. The van der Waals surface area contributed by atoms with E-state index in [0.717, 1.165) is 57.8 Å². The van der Waals surface area contributed by atoms with Crippen LogP contribution in [0.2, 0.25) is 0 Å². The lowest BCUT2D eigenvalue weighted by Gasteiger charge is -2.24. The monoisotopic (exact) mass is 588 g/mol. The van der Waals surface area contributed by atoms with Crippen molar-refractivity contribution < 1.29 is 38.1 Å². The van der Waals surface area contributed by atoms with E-state index in [0.29, 0.717) is 25.7 Å². The van der Waals surface area contributed by atoms with E-state index in [4.69, 9.17) is 14.2 Å². The molecule has 1 atom stereocenters. The van der Waals surface area contributed by atoms with Gasteiger partial charge in [0.25, 0.3) is 0 Å². The minimum atomic E-state index is -2.33. The number of carbonyl (C=O) groups is 3. The molecule has 0 amide bonds. The summed E-state index contributed by atoms with van der Waals surface area (Å²) in [7, 11) is 0. The fraction of sp³-hybridized carbons (Fsp3) is 0.909. The standard InChI is InChI=1S/C33H61FO7/c1-3-5-7-9-11-12-13-14-18-22-26-40-31(36)29-33(38,32(37)41-27-23-19-15-16-20-24-34)28-30(35)39-25-21-17-10-8-6-4-2/h38H,3-29H2,1-2H3. The van der Waals surface area contributed by atoms with Gasteiger partial charge in [-0.25, -0.2) is 4.79 Å². The summed E-state index contributed by atoms with van der Waals surface area (Å²) in [4.78, 5) is 37.7. The third kappa shape index (κ3) is 24.6. The number of esters is 3. The Morgan fingerprint density at radius 3 is 1.20 bits per heavy atom. The summed E-state index contributed by atoms with van der Waals surface area (Å²) >= 11 is 0. The molecule has 0 radical (unpaired) electrons. The van der Waals surface area contributed by atoms with E-state index in [-0.39, 0.29) is 26.5 Å². The van der Waals surface area contributed by atoms with E-state index in [2.05, 4.69) is 13.8 Å². The van der Waals surface area contributed by atoms with Crippen molar-refractivity contribution in [1.82, 2.24) is 0 Å². The molecule has 0 aliphatic heterocycles. The summed E-state index contributed by atoms with van der Waals surface area (Å²) in [5.41, 5.74) is -2.33. The maximum atomic E-state index is 12.8. The Hall–Kier alpha value is -1.70. The Balaban J connectivity index is 4.53. The number of ether oxygens (including phenoxy) is 3. The first kappa shape index (κ1) is 39.3. The van der Waals surface area contributed by atoms with Crippen LogP contribution in [0.4, 0.5) is 4.39 Å². The fourth-order valence-corrected chi connectivity index (χ4v) is 4.66. The van der Waals surface area contributed by atoms with E-state index < -0.39 is 36.4 Å². The SMILES string of the molecule is CCCCCCCCCCCCOC(=O)CC(O)(CC(=O)OCCCCCCCC)C(=O)OCCCCCCCF. The molecule has 0 bridgehead atoms. The quantitative estimate of drug-likeness (QED) is 0.0511. The van der Waals surface area contributed by atoms with Crippen molar-refractivity contribution in [3.63, 3.8) is 0 Å². The normalized spacial score (nSPS) is 12.6. The molecule has 0 spiro atoms. The smallest absolute Gasteiger partial charge is 0.339 e. The molecule has 0 aliphatic rings. The first-order chi connectivity index (χ1) is 19.9. The number of carbonyl (C=O) groups excluding carboxylic acids is 3. The van der Waals surface area contributed by atoms with Crippen molar-refractivity contribution in [2.75, 3.05) is 26.5 Å². The van der Waals surface area contributed by atoms with Crippen LogP contribution in [0.5, 0.6) is 0 Å². The van der Waals surface area contributed by atoms with Crippen LogP contribution < -0.4 is 0 Å². The number of hydrogen-bond acceptors (Lipinski definition) is 7. The molecule has 0 heterocycles. The molecule has 41 heavy (non-hydrogen) atoms. The predicted octanol–water partition coefficient (Wildman–Crippen LogP) is 8.33.